The van der Waals surface area contributed by atoms with Gasteiger partial charge < -0.3 is 21.5 Å². The molecule has 98 valence electrons. The molecule has 0 spiro atoms. The normalized spacial score (nSPS) is 9.95. The third-order valence-electron chi connectivity index (χ3n) is 2.39. The number of urea groups is 1. The number of nitrogens with one attached hydrogen (secondary N) is 2. The number of phenols is 1. The van der Waals surface area contributed by atoms with E-state index in [1.165, 1.54) is 12.1 Å². The van der Waals surface area contributed by atoms with Gasteiger partial charge in [-0.15, -0.1) is 0 Å². The average molecular weight is 278 g/mol. The highest BCUT2D eigenvalue weighted by Crippen LogP contribution is 2.25. The van der Waals surface area contributed by atoms with E-state index >= 15 is 0 Å². The van der Waals surface area contributed by atoms with Crippen LogP contribution in [-0.2, 0) is 0 Å². The molecule has 0 bridgehead atoms. The Bertz CT molecular complexity index is 617. The molecule has 0 saturated carbocycles. The molecular weight excluding hydrogens is 266 g/mol. The van der Waals surface area contributed by atoms with Crippen LogP contribution in [0.2, 0.25) is 5.02 Å². The number of nitrogen functional groups attached to an aromatic ring is 1. The Morgan fingerprint density at radius 3 is 2.47 bits per heavy atom. The lowest BCUT2D eigenvalue weighted by molar-refractivity contribution is 0.262. The maximum atomic E-state index is 11.7. The van der Waals surface area contributed by atoms with Crippen LogP contribution in [0.5, 0.6) is 5.75 Å². The van der Waals surface area contributed by atoms with Gasteiger partial charge in [0.25, 0.3) is 0 Å². The van der Waals surface area contributed by atoms with Crippen molar-refractivity contribution in [2.75, 3.05) is 16.4 Å². The minimum absolute atomic E-state index is 0.0129. The molecule has 2 aromatic rings. The summed E-state index contributed by atoms with van der Waals surface area (Å²) in [6.45, 7) is 0. The molecule has 0 unspecified atom stereocenters. The van der Waals surface area contributed by atoms with Crippen LogP contribution in [-0.4, -0.2) is 11.1 Å². The Labute approximate surface area is 115 Å². The number of anilines is 3. The molecule has 2 rings (SSSR count). The van der Waals surface area contributed by atoms with Crippen LogP contribution in [0, 0.1) is 0 Å². The summed E-state index contributed by atoms with van der Waals surface area (Å²) in [7, 11) is 0. The fourth-order valence-corrected chi connectivity index (χ4v) is 1.72. The largest absolute Gasteiger partial charge is 0.506 e. The number of para-hydroxylation sites is 2. The third kappa shape index (κ3) is 3.29. The van der Waals surface area contributed by atoms with Crippen LogP contribution in [0.25, 0.3) is 0 Å². The van der Waals surface area contributed by atoms with Crippen molar-refractivity contribution < 1.29 is 9.90 Å². The lowest BCUT2D eigenvalue weighted by Gasteiger charge is -2.10. The fraction of sp³-hybridized carbons (Fsp3) is 0. The smallest absolute Gasteiger partial charge is 0.323 e. The Kier molecular flexibility index (Phi) is 3.77. The maximum Gasteiger partial charge on any atom is 0.323 e. The van der Waals surface area contributed by atoms with Gasteiger partial charge in [0.15, 0.2) is 0 Å². The van der Waals surface area contributed by atoms with E-state index in [1.54, 1.807) is 30.3 Å². The van der Waals surface area contributed by atoms with Gasteiger partial charge in [-0.25, -0.2) is 4.79 Å². The molecule has 0 atom stereocenters. The summed E-state index contributed by atoms with van der Waals surface area (Å²) < 4.78 is 0. The van der Waals surface area contributed by atoms with E-state index in [0.29, 0.717) is 22.1 Å². The van der Waals surface area contributed by atoms with E-state index in [2.05, 4.69) is 10.6 Å². The van der Waals surface area contributed by atoms with Crippen molar-refractivity contribution in [3.05, 3.63) is 47.5 Å². The third-order valence-corrected chi connectivity index (χ3v) is 2.71. The predicted octanol–water partition coefficient (Wildman–Crippen LogP) is 3.27. The minimum Gasteiger partial charge on any atom is -0.506 e. The SMILES string of the molecule is Nc1ccc(NC(=O)Nc2ccccc2O)c(Cl)c1. The number of hydrogen-bond acceptors (Lipinski definition) is 3. The molecule has 0 aliphatic heterocycles. The van der Waals surface area contributed by atoms with Gasteiger partial charge in [-0.05, 0) is 30.3 Å². The number of halogens is 1. The number of hydrogen-bond donors (Lipinski definition) is 4. The van der Waals surface area contributed by atoms with Gasteiger partial charge >= 0.3 is 6.03 Å². The average Bonchev–Trinajstić information content (AvgIpc) is 2.36. The zero-order chi connectivity index (χ0) is 13.8. The van der Waals surface area contributed by atoms with Crippen molar-refractivity contribution in [1.29, 1.82) is 0 Å². The quantitative estimate of drug-likeness (QED) is 0.502. The Morgan fingerprint density at radius 1 is 1.11 bits per heavy atom. The van der Waals surface area contributed by atoms with Crippen LogP contribution in [0.4, 0.5) is 21.9 Å². The molecule has 0 heterocycles. The Hall–Kier alpha value is -2.40. The molecule has 0 radical (unpaired) electrons. The minimum atomic E-state index is -0.506. The molecule has 2 amide bonds. The highest BCUT2D eigenvalue weighted by molar-refractivity contribution is 6.34. The first-order valence-corrected chi connectivity index (χ1v) is 5.85. The first kappa shape index (κ1) is 13.0. The Morgan fingerprint density at radius 2 is 1.79 bits per heavy atom. The number of amides is 2. The second-order valence-electron chi connectivity index (χ2n) is 3.84. The van der Waals surface area contributed by atoms with Gasteiger partial charge in [-0.2, -0.15) is 0 Å². The number of nitrogens with two attached hydrogens (primary N) is 1. The van der Waals surface area contributed by atoms with Gasteiger partial charge in [0.1, 0.15) is 5.75 Å². The second kappa shape index (κ2) is 5.49. The molecule has 0 fully saturated rings. The van der Waals surface area contributed by atoms with Crippen molar-refractivity contribution >= 4 is 34.7 Å². The van der Waals surface area contributed by atoms with Crippen LogP contribution >= 0.6 is 11.6 Å². The number of phenolic OH excluding ortho intramolecular Hbond substituents is 1. The summed E-state index contributed by atoms with van der Waals surface area (Å²) in [5, 5.41) is 14.9. The van der Waals surface area contributed by atoms with Crippen LogP contribution < -0.4 is 16.4 Å². The summed E-state index contributed by atoms with van der Waals surface area (Å²) >= 11 is 5.94. The van der Waals surface area contributed by atoms with Crippen molar-refractivity contribution in [2.45, 2.75) is 0 Å². The van der Waals surface area contributed by atoms with Crippen molar-refractivity contribution in [1.82, 2.24) is 0 Å². The highest BCUT2D eigenvalue weighted by Gasteiger charge is 2.08. The van der Waals surface area contributed by atoms with Gasteiger partial charge in [0, 0.05) is 5.69 Å². The Balaban J connectivity index is 2.08. The number of rotatable bonds is 2. The van der Waals surface area contributed by atoms with E-state index in [0.717, 1.165) is 0 Å². The van der Waals surface area contributed by atoms with Gasteiger partial charge in [-0.3, -0.25) is 0 Å². The summed E-state index contributed by atoms with van der Waals surface area (Å²) in [5.74, 6) is -0.0129. The second-order valence-corrected chi connectivity index (χ2v) is 4.24. The van der Waals surface area contributed by atoms with Crippen molar-refractivity contribution in [3.8, 4) is 5.75 Å². The maximum absolute atomic E-state index is 11.7. The number of carbonyl (C=O) groups is 1. The summed E-state index contributed by atoms with van der Waals surface area (Å²) in [4.78, 5) is 11.7. The first-order chi connectivity index (χ1) is 9.06. The van der Waals surface area contributed by atoms with Gasteiger partial charge in [0.05, 0.1) is 16.4 Å². The topological polar surface area (TPSA) is 87.4 Å². The van der Waals surface area contributed by atoms with Crippen LogP contribution in [0.3, 0.4) is 0 Å². The van der Waals surface area contributed by atoms with E-state index in [4.69, 9.17) is 17.3 Å². The number of carbonyl (C=O) groups excluding carboxylic acids is 1. The van der Waals surface area contributed by atoms with E-state index in [9.17, 15) is 9.90 Å². The van der Waals surface area contributed by atoms with Crippen molar-refractivity contribution in [2.24, 2.45) is 0 Å². The zero-order valence-electron chi connectivity index (χ0n) is 9.85. The summed E-state index contributed by atoms with van der Waals surface area (Å²) in [5.41, 5.74) is 6.81. The van der Waals surface area contributed by atoms with Crippen molar-refractivity contribution in [3.63, 3.8) is 0 Å². The molecule has 5 N–H and O–H groups in total. The lowest BCUT2D eigenvalue weighted by atomic mass is 10.3. The van der Waals surface area contributed by atoms with E-state index < -0.39 is 6.03 Å². The fourth-order valence-electron chi connectivity index (χ4n) is 1.49. The standard InChI is InChI=1S/C13H12ClN3O2/c14-9-7-8(15)5-6-10(9)16-13(19)17-11-3-1-2-4-12(11)18/h1-7,18H,15H2,(H2,16,17,19). The van der Waals surface area contributed by atoms with Crippen LogP contribution in [0.1, 0.15) is 0 Å². The number of aromatic hydroxyl groups is 1. The van der Waals surface area contributed by atoms with Crippen LogP contribution in [0.15, 0.2) is 42.5 Å². The molecule has 5 nitrogen and oxygen atoms in total. The summed E-state index contributed by atoms with van der Waals surface area (Å²) in [6.07, 6.45) is 0. The first-order valence-electron chi connectivity index (χ1n) is 5.47. The predicted molar refractivity (Wildman–Crippen MR) is 76.6 cm³/mol. The molecule has 19 heavy (non-hydrogen) atoms. The molecule has 0 aliphatic carbocycles. The highest BCUT2D eigenvalue weighted by atomic mass is 35.5. The monoisotopic (exact) mass is 277 g/mol. The molecular formula is C13H12ClN3O2. The molecule has 6 heteroatoms. The zero-order valence-corrected chi connectivity index (χ0v) is 10.6. The molecule has 2 aromatic carbocycles. The molecule has 0 saturated heterocycles. The van der Waals surface area contributed by atoms with E-state index in [-0.39, 0.29) is 5.75 Å². The molecule has 0 aromatic heterocycles. The van der Waals surface area contributed by atoms with Gasteiger partial charge in [0.2, 0.25) is 0 Å². The number of benzene rings is 2. The lowest BCUT2D eigenvalue weighted by Crippen LogP contribution is -2.19. The summed E-state index contributed by atoms with van der Waals surface area (Å²) in [6, 6.07) is 10.7. The van der Waals surface area contributed by atoms with E-state index in [1.807, 2.05) is 0 Å². The van der Waals surface area contributed by atoms with Gasteiger partial charge in [-0.1, -0.05) is 23.7 Å². The molecule has 0 aliphatic rings.